The SMILES string of the molecule is O=C(O)CCCCC(=O)N1CCOC(c2cccc(F)c2)C1. The number of rotatable bonds is 6. The molecule has 1 aromatic rings. The minimum Gasteiger partial charge on any atom is -0.481 e. The summed E-state index contributed by atoms with van der Waals surface area (Å²) < 4.78 is 18.9. The van der Waals surface area contributed by atoms with E-state index in [-0.39, 0.29) is 24.2 Å². The fraction of sp³-hybridized carbons (Fsp3) is 0.500. The number of benzene rings is 1. The number of ether oxygens (including phenoxy) is 1. The second kappa shape index (κ2) is 7.89. The molecule has 6 heteroatoms. The average molecular weight is 309 g/mol. The number of morpholine rings is 1. The molecular formula is C16H20FNO4. The molecule has 120 valence electrons. The minimum atomic E-state index is -0.843. The first-order chi connectivity index (χ1) is 10.6. The first-order valence-electron chi connectivity index (χ1n) is 7.43. The molecule has 1 N–H and O–H groups in total. The number of carboxylic acids is 1. The fourth-order valence-electron chi connectivity index (χ4n) is 2.49. The average Bonchev–Trinajstić information content (AvgIpc) is 2.51. The largest absolute Gasteiger partial charge is 0.481 e. The van der Waals surface area contributed by atoms with Crippen LogP contribution in [-0.2, 0) is 14.3 Å². The zero-order valence-electron chi connectivity index (χ0n) is 12.3. The van der Waals surface area contributed by atoms with Gasteiger partial charge in [-0.1, -0.05) is 12.1 Å². The highest BCUT2D eigenvalue weighted by Gasteiger charge is 2.25. The van der Waals surface area contributed by atoms with Crippen molar-refractivity contribution in [3.05, 3.63) is 35.6 Å². The summed E-state index contributed by atoms with van der Waals surface area (Å²) in [6.07, 6.45) is 1.17. The van der Waals surface area contributed by atoms with Crippen molar-refractivity contribution in [3.8, 4) is 0 Å². The smallest absolute Gasteiger partial charge is 0.303 e. The number of carboxylic acid groups (broad SMARTS) is 1. The lowest BCUT2D eigenvalue weighted by atomic mass is 10.1. The van der Waals surface area contributed by atoms with Gasteiger partial charge in [-0.2, -0.15) is 0 Å². The summed E-state index contributed by atoms with van der Waals surface area (Å²) in [5.41, 5.74) is 0.725. The third kappa shape index (κ3) is 4.80. The number of aliphatic carboxylic acids is 1. The Balaban J connectivity index is 1.84. The normalized spacial score (nSPS) is 18.2. The molecule has 1 amide bonds. The van der Waals surface area contributed by atoms with Crippen molar-refractivity contribution in [3.63, 3.8) is 0 Å². The van der Waals surface area contributed by atoms with Crippen molar-refractivity contribution in [2.75, 3.05) is 19.7 Å². The van der Waals surface area contributed by atoms with Crippen molar-refractivity contribution in [1.82, 2.24) is 4.90 Å². The molecule has 0 saturated carbocycles. The van der Waals surface area contributed by atoms with Gasteiger partial charge >= 0.3 is 5.97 Å². The van der Waals surface area contributed by atoms with Crippen LogP contribution >= 0.6 is 0 Å². The summed E-state index contributed by atoms with van der Waals surface area (Å²) in [4.78, 5) is 24.3. The van der Waals surface area contributed by atoms with E-state index >= 15 is 0 Å². The molecular weight excluding hydrogens is 289 g/mol. The van der Waals surface area contributed by atoms with Gasteiger partial charge < -0.3 is 14.7 Å². The molecule has 1 aliphatic rings. The molecule has 0 aromatic heterocycles. The van der Waals surface area contributed by atoms with E-state index in [0.29, 0.717) is 39.0 Å². The monoisotopic (exact) mass is 309 g/mol. The molecule has 22 heavy (non-hydrogen) atoms. The van der Waals surface area contributed by atoms with E-state index < -0.39 is 5.97 Å². The van der Waals surface area contributed by atoms with Crippen molar-refractivity contribution in [2.45, 2.75) is 31.8 Å². The highest BCUT2D eigenvalue weighted by Crippen LogP contribution is 2.23. The van der Waals surface area contributed by atoms with Crippen LogP contribution < -0.4 is 0 Å². The molecule has 1 fully saturated rings. The van der Waals surface area contributed by atoms with E-state index in [1.807, 2.05) is 0 Å². The Hall–Kier alpha value is -1.95. The van der Waals surface area contributed by atoms with Gasteiger partial charge in [0.1, 0.15) is 11.9 Å². The Morgan fingerprint density at radius 3 is 2.82 bits per heavy atom. The Bertz CT molecular complexity index is 535. The number of halogens is 1. The number of hydrogen-bond donors (Lipinski definition) is 1. The molecule has 1 atom stereocenters. The van der Waals surface area contributed by atoms with Crippen molar-refractivity contribution in [2.24, 2.45) is 0 Å². The van der Waals surface area contributed by atoms with Crippen LogP contribution in [0.1, 0.15) is 37.4 Å². The molecule has 0 aliphatic carbocycles. The lowest BCUT2D eigenvalue weighted by molar-refractivity contribution is -0.140. The van der Waals surface area contributed by atoms with Crippen LogP contribution in [-0.4, -0.2) is 41.6 Å². The third-order valence-corrected chi connectivity index (χ3v) is 3.67. The Morgan fingerprint density at radius 2 is 2.09 bits per heavy atom. The van der Waals surface area contributed by atoms with Gasteiger partial charge in [0, 0.05) is 19.4 Å². The zero-order valence-corrected chi connectivity index (χ0v) is 12.3. The molecule has 1 saturated heterocycles. The molecule has 1 aliphatic heterocycles. The topological polar surface area (TPSA) is 66.8 Å². The fourth-order valence-corrected chi connectivity index (χ4v) is 2.49. The highest BCUT2D eigenvalue weighted by molar-refractivity contribution is 5.76. The maximum absolute atomic E-state index is 13.3. The standard InChI is InChI=1S/C16H20FNO4/c17-13-5-3-4-12(10-13)14-11-18(8-9-22-14)15(19)6-1-2-7-16(20)21/h3-5,10,14H,1-2,6-9,11H2,(H,20,21). The number of unbranched alkanes of at least 4 members (excludes halogenated alkanes) is 1. The van der Waals surface area contributed by atoms with Crippen molar-refractivity contribution in [1.29, 1.82) is 0 Å². The zero-order chi connectivity index (χ0) is 15.9. The van der Waals surface area contributed by atoms with Crippen LogP contribution in [0.25, 0.3) is 0 Å². The summed E-state index contributed by atoms with van der Waals surface area (Å²) in [6.45, 7) is 1.34. The van der Waals surface area contributed by atoms with E-state index in [9.17, 15) is 14.0 Å². The maximum atomic E-state index is 13.3. The molecule has 0 radical (unpaired) electrons. The number of nitrogens with zero attached hydrogens (tertiary/aromatic N) is 1. The molecule has 0 spiro atoms. The summed E-state index contributed by atoms with van der Waals surface area (Å²) in [6, 6.07) is 6.21. The Kier molecular flexibility index (Phi) is 5.89. The summed E-state index contributed by atoms with van der Waals surface area (Å²) >= 11 is 0. The van der Waals surface area contributed by atoms with Crippen molar-refractivity contribution < 1.29 is 23.8 Å². The second-order valence-corrected chi connectivity index (χ2v) is 5.36. The summed E-state index contributed by atoms with van der Waals surface area (Å²) in [5, 5.41) is 8.57. The number of carbonyl (C=O) groups excluding carboxylic acids is 1. The van der Waals surface area contributed by atoms with Crippen molar-refractivity contribution >= 4 is 11.9 Å². The molecule has 1 unspecified atom stereocenters. The van der Waals surface area contributed by atoms with Gasteiger partial charge in [-0.15, -0.1) is 0 Å². The molecule has 2 rings (SSSR count). The number of hydrogen-bond acceptors (Lipinski definition) is 3. The van der Waals surface area contributed by atoms with E-state index in [4.69, 9.17) is 9.84 Å². The number of amides is 1. The van der Waals surface area contributed by atoms with E-state index in [2.05, 4.69) is 0 Å². The molecule has 1 heterocycles. The van der Waals surface area contributed by atoms with Gasteiger partial charge in [0.05, 0.1) is 13.2 Å². The quantitative estimate of drug-likeness (QED) is 0.819. The van der Waals surface area contributed by atoms with Gasteiger partial charge in [0.25, 0.3) is 0 Å². The summed E-state index contributed by atoms with van der Waals surface area (Å²) in [7, 11) is 0. The first kappa shape index (κ1) is 16.4. The molecule has 5 nitrogen and oxygen atoms in total. The maximum Gasteiger partial charge on any atom is 0.303 e. The van der Waals surface area contributed by atoms with Gasteiger partial charge in [-0.3, -0.25) is 9.59 Å². The highest BCUT2D eigenvalue weighted by atomic mass is 19.1. The molecule has 1 aromatic carbocycles. The first-order valence-corrected chi connectivity index (χ1v) is 7.43. The van der Waals surface area contributed by atoms with Crippen LogP contribution in [0.15, 0.2) is 24.3 Å². The third-order valence-electron chi connectivity index (χ3n) is 3.67. The van der Waals surface area contributed by atoms with E-state index in [1.54, 1.807) is 17.0 Å². The Labute approximate surface area is 128 Å². The second-order valence-electron chi connectivity index (χ2n) is 5.36. The summed E-state index contributed by atoms with van der Waals surface area (Å²) in [5.74, 6) is -1.17. The van der Waals surface area contributed by atoms with E-state index in [0.717, 1.165) is 5.56 Å². The predicted octanol–water partition coefficient (Wildman–Crippen LogP) is 2.37. The van der Waals surface area contributed by atoms with Crippen LogP contribution in [0.4, 0.5) is 4.39 Å². The number of carbonyl (C=O) groups is 2. The lowest BCUT2D eigenvalue weighted by Gasteiger charge is -2.33. The Morgan fingerprint density at radius 1 is 1.32 bits per heavy atom. The van der Waals surface area contributed by atoms with Gasteiger partial charge in [-0.05, 0) is 30.5 Å². The van der Waals surface area contributed by atoms with E-state index in [1.165, 1.54) is 12.1 Å². The molecule has 0 bridgehead atoms. The van der Waals surface area contributed by atoms with Crippen LogP contribution in [0.3, 0.4) is 0 Å². The van der Waals surface area contributed by atoms with Crippen LogP contribution in [0, 0.1) is 5.82 Å². The lowest BCUT2D eigenvalue weighted by Crippen LogP contribution is -2.42. The van der Waals surface area contributed by atoms with Gasteiger partial charge in [0.15, 0.2) is 0 Å². The van der Waals surface area contributed by atoms with Gasteiger partial charge in [0.2, 0.25) is 5.91 Å². The van der Waals surface area contributed by atoms with Crippen LogP contribution in [0.5, 0.6) is 0 Å². The predicted molar refractivity (Wildman–Crippen MR) is 77.8 cm³/mol. The minimum absolute atomic E-state index is 0.00454. The van der Waals surface area contributed by atoms with Crippen LogP contribution in [0.2, 0.25) is 0 Å². The van der Waals surface area contributed by atoms with Gasteiger partial charge in [-0.25, -0.2) is 4.39 Å².